The third-order valence-corrected chi connectivity index (χ3v) is 4.73. The van der Waals surface area contributed by atoms with Gasteiger partial charge < -0.3 is 14.5 Å². The maximum absolute atomic E-state index is 11.4. The van der Waals surface area contributed by atoms with Crippen LogP contribution in [0.3, 0.4) is 0 Å². The molecule has 7 heteroatoms. The highest BCUT2D eigenvalue weighted by molar-refractivity contribution is 9.10. The number of nitrogens with zero attached hydrogens (tertiary/aromatic N) is 4. The molecule has 1 fully saturated rings. The Labute approximate surface area is 152 Å². The first-order chi connectivity index (χ1) is 11.4. The smallest absolute Gasteiger partial charge is 0.228 e. The number of amides is 1. The van der Waals surface area contributed by atoms with Gasteiger partial charge in [-0.15, -0.1) is 0 Å². The molecule has 1 aliphatic heterocycles. The van der Waals surface area contributed by atoms with Crippen molar-refractivity contribution >= 4 is 33.9 Å². The van der Waals surface area contributed by atoms with Crippen LogP contribution in [-0.2, 0) is 4.79 Å². The number of aliphatic imine (C=N–C) groups is 1. The minimum atomic E-state index is 0.0874. The van der Waals surface area contributed by atoms with Crippen LogP contribution in [0.5, 0.6) is 5.88 Å². The Morgan fingerprint density at radius 1 is 1.54 bits per heavy atom. The maximum Gasteiger partial charge on any atom is 0.228 e. The van der Waals surface area contributed by atoms with Crippen molar-refractivity contribution < 1.29 is 9.53 Å². The van der Waals surface area contributed by atoms with Crippen LogP contribution in [0.4, 0.5) is 5.69 Å². The van der Waals surface area contributed by atoms with E-state index >= 15 is 0 Å². The van der Waals surface area contributed by atoms with Crippen molar-refractivity contribution in [1.29, 1.82) is 0 Å². The van der Waals surface area contributed by atoms with Gasteiger partial charge in [0.2, 0.25) is 11.8 Å². The molecule has 0 aliphatic carbocycles. The summed E-state index contributed by atoms with van der Waals surface area (Å²) < 4.78 is 6.84. The first-order valence-electron chi connectivity index (χ1n) is 8.24. The predicted octanol–water partition coefficient (Wildman–Crippen LogP) is 3.15. The highest BCUT2D eigenvalue weighted by Crippen LogP contribution is 2.31. The fourth-order valence-electron chi connectivity index (χ4n) is 2.45. The Balaban J connectivity index is 2.03. The van der Waals surface area contributed by atoms with E-state index in [0.717, 1.165) is 48.3 Å². The molecule has 0 bridgehead atoms. The van der Waals surface area contributed by atoms with Gasteiger partial charge in [0.15, 0.2) is 0 Å². The van der Waals surface area contributed by atoms with E-state index in [1.54, 1.807) is 13.3 Å². The molecule has 0 atom stereocenters. The molecule has 24 heavy (non-hydrogen) atoms. The number of hydrogen-bond acceptors (Lipinski definition) is 4. The first-order valence-corrected chi connectivity index (χ1v) is 9.03. The molecule has 132 valence electrons. The highest BCUT2D eigenvalue weighted by Gasteiger charge is 2.23. The molecule has 1 amide bonds. The molecule has 2 heterocycles. The van der Waals surface area contributed by atoms with E-state index in [2.05, 4.69) is 32.8 Å². The van der Waals surface area contributed by atoms with Crippen molar-refractivity contribution in [3.8, 4) is 5.88 Å². The van der Waals surface area contributed by atoms with Gasteiger partial charge >= 0.3 is 0 Å². The van der Waals surface area contributed by atoms with E-state index < -0.39 is 0 Å². The van der Waals surface area contributed by atoms with Gasteiger partial charge in [0, 0.05) is 46.4 Å². The number of ether oxygens (including phenoxy) is 1. The number of pyridine rings is 1. The van der Waals surface area contributed by atoms with Crippen LogP contribution >= 0.6 is 15.9 Å². The van der Waals surface area contributed by atoms with Gasteiger partial charge in [-0.25, -0.2) is 9.98 Å². The molecular weight excluding hydrogens is 372 g/mol. The van der Waals surface area contributed by atoms with Crippen molar-refractivity contribution in [2.75, 3.05) is 26.7 Å². The van der Waals surface area contributed by atoms with E-state index in [0.29, 0.717) is 5.88 Å². The summed E-state index contributed by atoms with van der Waals surface area (Å²) in [7, 11) is 1.98. The van der Waals surface area contributed by atoms with E-state index in [-0.39, 0.29) is 12.0 Å². The molecule has 1 aliphatic rings. The first kappa shape index (κ1) is 18.7. The third kappa shape index (κ3) is 4.93. The fraction of sp³-hybridized carbons (Fsp3) is 0.588. The number of aryl methyl sites for hydroxylation is 1. The zero-order valence-electron chi connectivity index (χ0n) is 14.8. The Bertz CT molecular complexity index is 613. The third-order valence-electron chi connectivity index (χ3n) is 4.17. The van der Waals surface area contributed by atoms with Crippen LogP contribution in [0.15, 0.2) is 15.5 Å². The number of aromatic nitrogens is 1. The van der Waals surface area contributed by atoms with E-state index in [1.165, 1.54) is 0 Å². The van der Waals surface area contributed by atoms with Crippen molar-refractivity contribution in [3.63, 3.8) is 0 Å². The zero-order chi connectivity index (χ0) is 17.7. The lowest BCUT2D eigenvalue weighted by molar-refractivity contribution is -0.130. The number of carbonyl (C=O) groups excluding carboxylic acids is 1. The fourth-order valence-corrected chi connectivity index (χ4v) is 2.85. The summed E-state index contributed by atoms with van der Waals surface area (Å²) in [4.78, 5) is 24.2. The highest BCUT2D eigenvalue weighted by atomic mass is 79.9. The van der Waals surface area contributed by atoms with Crippen molar-refractivity contribution in [1.82, 2.24) is 14.8 Å². The maximum atomic E-state index is 11.4. The normalized spacial score (nSPS) is 15.8. The molecule has 0 N–H and O–H groups in total. The van der Waals surface area contributed by atoms with E-state index in [1.807, 2.05) is 29.8 Å². The van der Waals surface area contributed by atoms with Crippen molar-refractivity contribution in [2.24, 2.45) is 4.99 Å². The van der Waals surface area contributed by atoms with Crippen LogP contribution in [0.1, 0.15) is 32.4 Å². The minimum Gasteiger partial charge on any atom is -0.473 e. The van der Waals surface area contributed by atoms with Crippen LogP contribution in [-0.4, -0.2) is 59.8 Å². The number of piperidine rings is 1. The number of halogens is 1. The SMILES string of the molecule is CCN(C)C=Nc1cc(Br)c(OC2CCN(C(C)=O)CC2)nc1C. The summed E-state index contributed by atoms with van der Waals surface area (Å²) in [6, 6.07) is 1.93. The van der Waals surface area contributed by atoms with Gasteiger partial charge in [0.05, 0.1) is 22.2 Å². The zero-order valence-corrected chi connectivity index (χ0v) is 16.3. The van der Waals surface area contributed by atoms with Crippen molar-refractivity contribution in [3.05, 3.63) is 16.2 Å². The predicted molar refractivity (Wildman–Crippen MR) is 99.0 cm³/mol. The minimum absolute atomic E-state index is 0.0874. The number of carbonyl (C=O) groups is 1. The molecule has 0 saturated carbocycles. The van der Waals surface area contributed by atoms with Crippen LogP contribution < -0.4 is 4.74 Å². The summed E-state index contributed by atoms with van der Waals surface area (Å²) in [6.45, 7) is 7.98. The van der Waals surface area contributed by atoms with Gasteiger partial charge in [0.25, 0.3) is 0 Å². The Kier molecular flexibility index (Phi) is 6.60. The number of rotatable bonds is 5. The molecule has 0 spiro atoms. The summed E-state index contributed by atoms with van der Waals surface area (Å²) in [5.41, 5.74) is 1.65. The standard InChI is InChI=1S/C17H25BrN4O2/c1-5-21(4)11-19-16-10-15(18)17(20-12(16)2)24-14-6-8-22(9-7-14)13(3)23/h10-11,14H,5-9H2,1-4H3. The Morgan fingerprint density at radius 3 is 2.79 bits per heavy atom. The number of likely N-dealkylation sites (tertiary alicyclic amines) is 1. The quantitative estimate of drug-likeness (QED) is 0.566. The summed E-state index contributed by atoms with van der Waals surface area (Å²) in [5, 5.41) is 0. The summed E-state index contributed by atoms with van der Waals surface area (Å²) in [5.74, 6) is 0.722. The van der Waals surface area contributed by atoms with E-state index in [4.69, 9.17) is 4.74 Å². The number of hydrogen-bond donors (Lipinski definition) is 0. The molecular formula is C17H25BrN4O2. The van der Waals surface area contributed by atoms with Crippen LogP contribution in [0.2, 0.25) is 0 Å². The second-order valence-electron chi connectivity index (χ2n) is 6.02. The molecule has 1 aromatic heterocycles. The molecule has 1 saturated heterocycles. The summed E-state index contributed by atoms with van der Waals surface area (Å²) in [6.07, 6.45) is 3.54. The van der Waals surface area contributed by atoms with Gasteiger partial charge in [-0.05, 0) is 35.8 Å². The molecule has 0 radical (unpaired) electrons. The molecule has 0 aromatic carbocycles. The lowest BCUT2D eigenvalue weighted by Crippen LogP contribution is -2.40. The molecule has 0 unspecified atom stereocenters. The Morgan fingerprint density at radius 2 is 2.21 bits per heavy atom. The van der Waals surface area contributed by atoms with Gasteiger partial charge in [-0.1, -0.05) is 0 Å². The average molecular weight is 397 g/mol. The van der Waals surface area contributed by atoms with Crippen LogP contribution in [0.25, 0.3) is 0 Å². The average Bonchev–Trinajstić information content (AvgIpc) is 2.56. The summed E-state index contributed by atoms with van der Waals surface area (Å²) >= 11 is 3.53. The second-order valence-corrected chi connectivity index (χ2v) is 6.88. The lowest BCUT2D eigenvalue weighted by Gasteiger charge is -2.31. The molecule has 1 aromatic rings. The second kappa shape index (κ2) is 8.46. The Hall–Kier alpha value is -1.63. The molecule has 2 rings (SSSR count). The topological polar surface area (TPSA) is 58.0 Å². The van der Waals surface area contributed by atoms with Crippen molar-refractivity contribution in [2.45, 2.75) is 39.7 Å². The van der Waals surface area contributed by atoms with Gasteiger partial charge in [0.1, 0.15) is 6.10 Å². The van der Waals surface area contributed by atoms with Crippen LogP contribution in [0, 0.1) is 6.92 Å². The monoisotopic (exact) mass is 396 g/mol. The van der Waals surface area contributed by atoms with Gasteiger partial charge in [-0.2, -0.15) is 0 Å². The van der Waals surface area contributed by atoms with Gasteiger partial charge in [-0.3, -0.25) is 4.79 Å². The largest absolute Gasteiger partial charge is 0.473 e. The van der Waals surface area contributed by atoms with E-state index in [9.17, 15) is 4.79 Å². The molecule has 6 nitrogen and oxygen atoms in total. The lowest BCUT2D eigenvalue weighted by atomic mass is 10.1.